The van der Waals surface area contributed by atoms with Crippen LogP contribution in [0.1, 0.15) is 11.5 Å². The number of imidazole rings is 1. The van der Waals surface area contributed by atoms with Crippen molar-refractivity contribution in [2.75, 3.05) is 31.2 Å². The summed E-state index contributed by atoms with van der Waals surface area (Å²) in [5.41, 5.74) is 2.69. The fourth-order valence-electron chi connectivity index (χ4n) is 2.82. The van der Waals surface area contributed by atoms with E-state index >= 15 is 0 Å². The molecular weight excluding hydrogens is 308 g/mol. The molecule has 24 heavy (non-hydrogen) atoms. The molecule has 1 aliphatic rings. The minimum Gasteiger partial charge on any atom is -0.378 e. The van der Waals surface area contributed by atoms with Gasteiger partial charge in [0.15, 0.2) is 11.5 Å². The number of aromatic nitrogens is 6. The Morgan fingerprint density at radius 3 is 2.92 bits per heavy atom. The molecular formula is C15H20N8O. The summed E-state index contributed by atoms with van der Waals surface area (Å²) in [5, 5.41) is 7.53. The van der Waals surface area contributed by atoms with Gasteiger partial charge in [0.1, 0.15) is 11.3 Å². The van der Waals surface area contributed by atoms with Crippen molar-refractivity contribution in [1.29, 1.82) is 0 Å². The molecule has 0 unspecified atom stereocenters. The van der Waals surface area contributed by atoms with Crippen molar-refractivity contribution in [2.24, 2.45) is 7.05 Å². The van der Waals surface area contributed by atoms with Gasteiger partial charge in [0.2, 0.25) is 0 Å². The van der Waals surface area contributed by atoms with Crippen molar-refractivity contribution in [1.82, 2.24) is 35.0 Å². The van der Waals surface area contributed by atoms with Crippen LogP contribution in [0.25, 0.3) is 11.2 Å². The summed E-state index contributed by atoms with van der Waals surface area (Å²) in [6.45, 7) is 4.37. The molecule has 3 aromatic heterocycles. The predicted molar refractivity (Wildman–Crippen MR) is 88.5 cm³/mol. The van der Waals surface area contributed by atoms with Crippen LogP contribution in [0, 0.1) is 0 Å². The van der Waals surface area contributed by atoms with Crippen molar-refractivity contribution < 1.29 is 4.74 Å². The molecule has 1 saturated heterocycles. The van der Waals surface area contributed by atoms with Crippen LogP contribution in [-0.2, 0) is 24.9 Å². The largest absolute Gasteiger partial charge is 0.378 e. The lowest BCUT2D eigenvalue weighted by Gasteiger charge is -2.28. The fraction of sp³-hybridized carbons (Fsp3) is 0.467. The molecule has 0 aliphatic carbocycles. The molecule has 0 saturated carbocycles. The number of hydrogen-bond acceptors (Lipinski definition) is 7. The summed E-state index contributed by atoms with van der Waals surface area (Å²) in [5.74, 6) is 1.64. The van der Waals surface area contributed by atoms with Gasteiger partial charge in [0.05, 0.1) is 31.8 Å². The van der Waals surface area contributed by atoms with Crippen LogP contribution in [0.5, 0.6) is 0 Å². The summed E-state index contributed by atoms with van der Waals surface area (Å²) in [7, 11) is 1.93. The Bertz CT molecular complexity index is 820. The average molecular weight is 328 g/mol. The zero-order valence-electron chi connectivity index (χ0n) is 13.6. The average Bonchev–Trinajstić information content (AvgIpc) is 3.24. The van der Waals surface area contributed by atoms with E-state index in [1.54, 1.807) is 12.5 Å². The third-order valence-corrected chi connectivity index (χ3v) is 4.14. The molecule has 9 nitrogen and oxygen atoms in total. The second-order valence-electron chi connectivity index (χ2n) is 5.71. The van der Waals surface area contributed by atoms with Gasteiger partial charge in [-0.2, -0.15) is 5.10 Å². The minimum atomic E-state index is 0.575. The SMILES string of the molecule is Cn1nccc1CNCc1nc(N2CCOCC2)c2[nH]cnc2n1. The second-order valence-corrected chi connectivity index (χ2v) is 5.71. The fourth-order valence-corrected chi connectivity index (χ4v) is 2.82. The first-order chi connectivity index (χ1) is 11.8. The molecule has 4 rings (SSSR count). The molecule has 1 fully saturated rings. The van der Waals surface area contributed by atoms with Crippen molar-refractivity contribution in [3.05, 3.63) is 30.1 Å². The van der Waals surface area contributed by atoms with Gasteiger partial charge < -0.3 is 19.9 Å². The predicted octanol–water partition coefficient (Wildman–Crippen LogP) is 0.213. The molecule has 3 aromatic rings. The Balaban J connectivity index is 1.53. The number of ether oxygens (including phenoxy) is 1. The molecule has 9 heteroatoms. The van der Waals surface area contributed by atoms with E-state index in [0.717, 1.165) is 35.9 Å². The van der Waals surface area contributed by atoms with E-state index in [-0.39, 0.29) is 0 Å². The summed E-state index contributed by atoms with van der Waals surface area (Å²) >= 11 is 0. The first-order valence-corrected chi connectivity index (χ1v) is 8.01. The zero-order valence-corrected chi connectivity index (χ0v) is 13.6. The Hall–Kier alpha value is -2.52. The van der Waals surface area contributed by atoms with E-state index in [4.69, 9.17) is 9.72 Å². The maximum atomic E-state index is 5.43. The highest BCUT2D eigenvalue weighted by Crippen LogP contribution is 2.21. The topological polar surface area (TPSA) is 96.8 Å². The first-order valence-electron chi connectivity index (χ1n) is 8.01. The molecule has 0 aromatic carbocycles. The maximum Gasteiger partial charge on any atom is 0.183 e. The van der Waals surface area contributed by atoms with Gasteiger partial charge in [0.25, 0.3) is 0 Å². The van der Waals surface area contributed by atoms with Gasteiger partial charge in [-0.25, -0.2) is 15.0 Å². The maximum absolute atomic E-state index is 5.43. The zero-order chi connectivity index (χ0) is 16.4. The number of nitrogens with zero attached hydrogens (tertiary/aromatic N) is 6. The van der Waals surface area contributed by atoms with Crippen LogP contribution in [0.4, 0.5) is 5.82 Å². The minimum absolute atomic E-state index is 0.575. The van der Waals surface area contributed by atoms with Gasteiger partial charge in [-0.15, -0.1) is 0 Å². The Morgan fingerprint density at radius 1 is 1.25 bits per heavy atom. The van der Waals surface area contributed by atoms with E-state index in [1.807, 2.05) is 17.8 Å². The monoisotopic (exact) mass is 328 g/mol. The number of fused-ring (bicyclic) bond motifs is 1. The number of hydrogen-bond donors (Lipinski definition) is 2. The van der Waals surface area contributed by atoms with E-state index in [2.05, 4.69) is 30.3 Å². The summed E-state index contributed by atoms with van der Waals surface area (Å²) < 4.78 is 7.28. The van der Waals surface area contributed by atoms with Crippen molar-refractivity contribution in [2.45, 2.75) is 13.1 Å². The molecule has 0 radical (unpaired) electrons. The van der Waals surface area contributed by atoms with E-state index in [0.29, 0.717) is 32.0 Å². The van der Waals surface area contributed by atoms with E-state index in [1.165, 1.54) is 0 Å². The number of anilines is 1. The molecule has 1 aliphatic heterocycles. The lowest BCUT2D eigenvalue weighted by molar-refractivity contribution is 0.122. The van der Waals surface area contributed by atoms with E-state index < -0.39 is 0 Å². The Kier molecular flexibility index (Phi) is 4.09. The van der Waals surface area contributed by atoms with Gasteiger partial charge in [-0.1, -0.05) is 0 Å². The van der Waals surface area contributed by atoms with Crippen LogP contribution in [0.2, 0.25) is 0 Å². The van der Waals surface area contributed by atoms with Crippen LogP contribution < -0.4 is 10.2 Å². The smallest absolute Gasteiger partial charge is 0.183 e. The normalized spacial score (nSPS) is 15.3. The van der Waals surface area contributed by atoms with Gasteiger partial charge >= 0.3 is 0 Å². The van der Waals surface area contributed by atoms with Crippen LogP contribution in [-0.4, -0.2) is 56.0 Å². The van der Waals surface area contributed by atoms with Crippen molar-refractivity contribution in [3.8, 4) is 0 Å². The highest BCUT2D eigenvalue weighted by atomic mass is 16.5. The van der Waals surface area contributed by atoms with Gasteiger partial charge in [-0.3, -0.25) is 4.68 Å². The quantitative estimate of drug-likeness (QED) is 0.691. The molecule has 126 valence electrons. The third-order valence-electron chi connectivity index (χ3n) is 4.14. The van der Waals surface area contributed by atoms with Gasteiger partial charge in [0, 0.05) is 32.9 Å². The standard InChI is InChI=1S/C15H20N8O/c1-22-11(2-3-19-22)8-16-9-12-20-14-13(17-10-18-14)15(21-12)23-4-6-24-7-5-23/h2-3,10,16H,4-9H2,1H3,(H,17,18,20,21). The second kappa shape index (κ2) is 6.54. The summed E-state index contributed by atoms with van der Waals surface area (Å²) in [6.07, 6.45) is 3.45. The van der Waals surface area contributed by atoms with Crippen molar-refractivity contribution in [3.63, 3.8) is 0 Å². The van der Waals surface area contributed by atoms with Crippen LogP contribution >= 0.6 is 0 Å². The molecule has 0 atom stereocenters. The number of nitrogens with one attached hydrogen (secondary N) is 2. The molecule has 2 N–H and O–H groups in total. The van der Waals surface area contributed by atoms with E-state index in [9.17, 15) is 0 Å². The Labute approximate surface area is 139 Å². The van der Waals surface area contributed by atoms with Crippen LogP contribution in [0.3, 0.4) is 0 Å². The number of aromatic amines is 1. The first kappa shape index (κ1) is 15.0. The highest BCUT2D eigenvalue weighted by Gasteiger charge is 2.18. The summed E-state index contributed by atoms with van der Waals surface area (Å²) in [6, 6.07) is 1.99. The molecule has 4 heterocycles. The van der Waals surface area contributed by atoms with Gasteiger partial charge in [-0.05, 0) is 6.07 Å². The lowest BCUT2D eigenvalue weighted by atomic mass is 10.3. The third kappa shape index (κ3) is 2.95. The van der Waals surface area contributed by atoms with Crippen LogP contribution in [0.15, 0.2) is 18.6 Å². The lowest BCUT2D eigenvalue weighted by Crippen LogP contribution is -2.37. The highest BCUT2D eigenvalue weighted by molar-refractivity contribution is 5.83. The molecule has 0 amide bonds. The summed E-state index contributed by atoms with van der Waals surface area (Å²) in [4.78, 5) is 18.9. The number of morpholine rings is 1. The van der Waals surface area contributed by atoms with Crippen molar-refractivity contribution >= 4 is 17.0 Å². The number of H-pyrrole nitrogens is 1. The molecule has 0 spiro atoms. The number of aryl methyl sites for hydroxylation is 1. The number of rotatable bonds is 5. The Morgan fingerprint density at radius 2 is 2.12 bits per heavy atom. The molecule has 0 bridgehead atoms.